The lowest BCUT2D eigenvalue weighted by Gasteiger charge is -2.11. The summed E-state index contributed by atoms with van der Waals surface area (Å²) in [6.07, 6.45) is 0. The number of sulfone groups is 1. The first-order valence-corrected chi connectivity index (χ1v) is 12.4. The van der Waals surface area contributed by atoms with Crippen molar-refractivity contribution in [1.29, 1.82) is 0 Å². The zero-order valence-corrected chi connectivity index (χ0v) is 20.3. The SMILES string of the molecule is Cc1ccc(OCC(=O)NC(=S)Nc2ccc(S(=O)(=O)Cc3cc(C)cc(C)c3)cc2)cc1. The largest absolute Gasteiger partial charge is 0.484 e. The molecule has 172 valence electrons. The van der Waals surface area contributed by atoms with Crippen LogP contribution < -0.4 is 15.4 Å². The van der Waals surface area contributed by atoms with Crippen molar-refractivity contribution in [3.8, 4) is 5.75 Å². The average Bonchev–Trinajstić information content (AvgIpc) is 2.72. The zero-order valence-electron chi connectivity index (χ0n) is 18.7. The second kappa shape index (κ2) is 10.6. The molecule has 3 aromatic rings. The highest BCUT2D eigenvalue weighted by molar-refractivity contribution is 7.90. The molecule has 0 heterocycles. The van der Waals surface area contributed by atoms with E-state index in [-0.39, 0.29) is 22.4 Å². The van der Waals surface area contributed by atoms with Crippen LogP contribution in [0.2, 0.25) is 0 Å². The van der Waals surface area contributed by atoms with Gasteiger partial charge in [0.15, 0.2) is 21.6 Å². The summed E-state index contributed by atoms with van der Waals surface area (Å²) in [7, 11) is -3.49. The summed E-state index contributed by atoms with van der Waals surface area (Å²) in [6.45, 7) is 5.67. The maximum atomic E-state index is 12.8. The van der Waals surface area contributed by atoms with Crippen LogP contribution in [0.15, 0.2) is 71.6 Å². The number of rotatable bonds is 7. The molecule has 0 aliphatic carbocycles. The standard InChI is InChI=1S/C25H26N2O4S2/c1-17-4-8-22(9-5-17)31-15-24(28)27-25(32)26-21-6-10-23(11-7-21)33(29,30)16-20-13-18(2)12-19(3)14-20/h4-14H,15-16H2,1-3H3,(H2,26,27,28,32). The Hall–Kier alpha value is -3.23. The molecule has 0 aliphatic heterocycles. The third kappa shape index (κ3) is 7.40. The molecule has 6 nitrogen and oxygen atoms in total. The Kier molecular flexibility index (Phi) is 7.84. The van der Waals surface area contributed by atoms with Crippen LogP contribution >= 0.6 is 12.2 Å². The van der Waals surface area contributed by atoms with Crippen molar-refractivity contribution in [1.82, 2.24) is 5.32 Å². The van der Waals surface area contributed by atoms with Gasteiger partial charge in [-0.1, -0.05) is 47.0 Å². The number of carbonyl (C=O) groups is 1. The van der Waals surface area contributed by atoms with Crippen molar-refractivity contribution < 1.29 is 17.9 Å². The summed E-state index contributed by atoms with van der Waals surface area (Å²) in [4.78, 5) is 12.3. The van der Waals surface area contributed by atoms with Gasteiger partial charge in [0.1, 0.15) is 5.75 Å². The van der Waals surface area contributed by atoms with E-state index in [0.29, 0.717) is 11.4 Å². The van der Waals surface area contributed by atoms with Crippen molar-refractivity contribution in [2.75, 3.05) is 11.9 Å². The normalized spacial score (nSPS) is 11.0. The fourth-order valence-corrected chi connectivity index (χ4v) is 4.86. The first-order chi connectivity index (χ1) is 15.6. The first-order valence-electron chi connectivity index (χ1n) is 10.3. The first kappa shape index (κ1) is 24.4. The smallest absolute Gasteiger partial charge is 0.264 e. The quantitative estimate of drug-likeness (QED) is 0.483. The molecule has 0 aliphatic rings. The monoisotopic (exact) mass is 482 g/mol. The number of benzene rings is 3. The highest BCUT2D eigenvalue weighted by Crippen LogP contribution is 2.20. The molecular weight excluding hydrogens is 456 g/mol. The fourth-order valence-electron chi connectivity index (χ4n) is 3.31. The molecule has 0 spiro atoms. The van der Waals surface area contributed by atoms with Crippen LogP contribution in [0.4, 0.5) is 5.69 Å². The van der Waals surface area contributed by atoms with E-state index < -0.39 is 15.7 Å². The van der Waals surface area contributed by atoms with Crippen molar-refractivity contribution in [3.63, 3.8) is 0 Å². The predicted molar refractivity (Wildman–Crippen MR) is 134 cm³/mol. The van der Waals surface area contributed by atoms with Gasteiger partial charge in [-0.2, -0.15) is 0 Å². The van der Waals surface area contributed by atoms with E-state index in [1.54, 1.807) is 24.3 Å². The van der Waals surface area contributed by atoms with Gasteiger partial charge >= 0.3 is 0 Å². The molecule has 1 amide bonds. The lowest BCUT2D eigenvalue weighted by molar-refractivity contribution is -0.121. The van der Waals surface area contributed by atoms with Gasteiger partial charge in [-0.3, -0.25) is 10.1 Å². The minimum Gasteiger partial charge on any atom is -0.484 e. The van der Waals surface area contributed by atoms with Crippen LogP contribution in [0.3, 0.4) is 0 Å². The van der Waals surface area contributed by atoms with Crippen LogP contribution in [0, 0.1) is 20.8 Å². The van der Waals surface area contributed by atoms with E-state index in [9.17, 15) is 13.2 Å². The van der Waals surface area contributed by atoms with E-state index in [1.165, 1.54) is 12.1 Å². The number of ether oxygens (including phenoxy) is 1. The van der Waals surface area contributed by atoms with Gasteiger partial charge in [-0.15, -0.1) is 0 Å². The van der Waals surface area contributed by atoms with Gasteiger partial charge in [0.2, 0.25) is 0 Å². The fraction of sp³-hybridized carbons (Fsp3) is 0.200. The summed E-state index contributed by atoms with van der Waals surface area (Å²) in [5.41, 5.74) is 4.47. The molecule has 2 N–H and O–H groups in total. The van der Waals surface area contributed by atoms with Gasteiger partial charge in [-0.05, 0) is 75.0 Å². The molecule has 0 atom stereocenters. The molecule has 0 saturated heterocycles. The van der Waals surface area contributed by atoms with E-state index in [1.807, 2.05) is 51.1 Å². The van der Waals surface area contributed by atoms with Crippen LogP contribution in [0.5, 0.6) is 5.75 Å². The summed E-state index contributed by atoms with van der Waals surface area (Å²) in [5.74, 6) is 0.116. The molecular formula is C25H26N2O4S2. The van der Waals surface area contributed by atoms with Crippen LogP contribution in [-0.2, 0) is 20.4 Å². The highest BCUT2D eigenvalue weighted by atomic mass is 32.2. The zero-order chi connectivity index (χ0) is 24.0. The van der Waals surface area contributed by atoms with Crippen LogP contribution in [0.25, 0.3) is 0 Å². The molecule has 0 saturated carbocycles. The van der Waals surface area contributed by atoms with Crippen molar-refractivity contribution in [3.05, 3.63) is 89.0 Å². The number of thiocarbonyl (C=S) groups is 1. The molecule has 0 aromatic heterocycles. The second-order valence-corrected chi connectivity index (χ2v) is 10.3. The average molecular weight is 483 g/mol. The molecule has 0 unspecified atom stereocenters. The van der Waals surface area contributed by atoms with E-state index in [0.717, 1.165) is 22.3 Å². The van der Waals surface area contributed by atoms with Gasteiger partial charge in [0.05, 0.1) is 10.6 Å². The lowest BCUT2D eigenvalue weighted by atomic mass is 10.1. The highest BCUT2D eigenvalue weighted by Gasteiger charge is 2.16. The van der Waals surface area contributed by atoms with E-state index >= 15 is 0 Å². The summed E-state index contributed by atoms with van der Waals surface area (Å²) in [6, 6.07) is 19.4. The minimum atomic E-state index is -3.49. The topological polar surface area (TPSA) is 84.5 Å². The van der Waals surface area contributed by atoms with Gasteiger partial charge in [0, 0.05) is 5.69 Å². The Morgan fingerprint density at radius 3 is 2.09 bits per heavy atom. The van der Waals surface area contributed by atoms with Crippen molar-refractivity contribution in [2.45, 2.75) is 31.4 Å². The Balaban J connectivity index is 1.54. The number of amides is 1. The summed E-state index contributed by atoms with van der Waals surface area (Å²) < 4.78 is 31.0. The van der Waals surface area contributed by atoms with Crippen LogP contribution in [0.1, 0.15) is 22.3 Å². The Bertz CT molecular complexity index is 1230. The van der Waals surface area contributed by atoms with Crippen molar-refractivity contribution in [2.24, 2.45) is 0 Å². The second-order valence-electron chi connectivity index (χ2n) is 7.88. The molecule has 8 heteroatoms. The number of anilines is 1. The number of carbonyl (C=O) groups excluding carboxylic acids is 1. The number of hydrogen-bond acceptors (Lipinski definition) is 5. The molecule has 3 rings (SSSR count). The Morgan fingerprint density at radius 2 is 1.48 bits per heavy atom. The maximum Gasteiger partial charge on any atom is 0.264 e. The van der Waals surface area contributed by atoms with E-state index in [2.05, 4.69) is 10.6 Å². The summed E-state index contributed by atoms with van der Waals surface area (Å²) in [5, 5.41) is 5.50. The molecule has 33 heavy (non-hydrogen) atoms. The molecule has 3 aromatic carbocycles. The Labute approximate surface area is 199 Å². The van der Waals surface area contributed by atoms with Crippen molar-refractivity contribution >= 4 is 38.8 Å². The predicted octanol–water partition coefficient (Wildman–Crippen LogP) is 4.48. The number of aryl methyl sites for hydroxylation is 3. The molecule has 0 bridgehead atoms. The Morgan fingerprint density at radius 1 is 0.879 bits per heavy atom. The third-order valence-electron chi connectivity index (χ3n) is 4.75. The van der Waals surface area contributed by atoms with Gasteiger partial charge < -0.3 is 10.1 Å². The third-order valence-corrected chi connectivity index (χ3v) is 6.66. The number of nitrogens with one attached hydrogen (secondary N) is 2. The van der Waals surface area contributed by atoms with Crippen LogP contribution in [-0.4, -0.2) is 26.0 Å². The van der Waals surface area contributed by atoms with Gasteiger partial charge in [-0.25, -0.2) is 8.42 Å². The summed E-state index contributed by atoms with van der Waals surface area (Å²) >= 11 is 5.16. The molecule has 0 fully saturated rings. The molecule has 0 radical (unpaired) electrons. The van der Waals surface area contributed by atoms with E-state index in [4.69, 9.17) is 17.0 Å². The number of hydrogen-bond donors (Lipinski definition) is 2. The van der Waals surface area contributed by atoms with Gasteiger partial charge in [0.25, 0.3) is 5.91 Å². The maximum absolute atomic E-state index is 12.8. The lowest BCUT2D eigenvalue weighted by Crippen LogP contribution is -2.37. The minimum absolute atomic E-state index is 0.0717.